The standard InChI is InChI=1S/C22H26N2O2/c1-14(2)21(18-7-5-15(3)6-8-18)22(26)23-19-10-9-17-11-12-24(16(4)25)20(17)13-19/h5-10,13-14,21H,11-12H2,1-4H3,(H,23,26). The first-order valence-corrected chi connectivity index (χ1v) is 9.15. The van der Waals surface area contributed by atoms with Crippen LogP contribution in [0.3, 0.4) is 0 Å². The van der Waals surface area contributed by atoms with Gasteiger partial charge >= 0.3 is 0 Å². The van der Waals surface area contributed by atoms with Crippen molar-refractivity contribution in [3.05, 3.63) is 59.2 Å². The van der Waals surface area contributed by atoms with Crippen molar-refractivity contribution in [1.82, 2.24) is 0 Å². The molecule has 0 radical (unpaired) electrons. The summed E-state index contributed by atoms with van der Waals surface area (Å²) >= 11 is 0. The predicted octanol–water partition coefficient (Wildman–Crippen LogP) is 4.28. The van der Waals surface area contributed by atoms with Crippen molar-refractivity contribution < 1.29 is 9.59 Å². The summed E-state index contributed by atoms with van der Waals surface area (Å²) in [5, 5.41) is 3.05. The first kappa shape index (κ1) is 18.2. The summed E-state index contributed by atoms with van der Waals surface area (Å²) in [4.78, 5) is 26.5. The second-order valence-electron chi connectivity index (χ2n) is 7.39. The highest BCUT2D eigenvalue weighted by atomic mass is 16.2. The summed E-state index contributed by atoms with van der Waals surface area (Å²) in [6, 6.07) is 14.0. The molecular weight excluding hydrogens is 324 g/mol. The number of aryl methyl sites for hydroxylation is 1. The second kappa shape index (κ2) is 7.32. The molecule has 1 aliphatic rings. The lowest BCUT2D eigenvalue weighted by Crippen LogP contribution is -2.26. The van der Waals surface area contributed by atoms with Gasteiger partial charge in [0.25, 0.3) is 0 Å². The SMILES string of the molecule is CC(=O)N1CCc2ccc(NC(=O)C(c3ccc(C)cc3)C(C)C)cc21. The number of nitrogens with zero attached hydrogens (tertiary/aromatic N) is 1. The molecule has 4 nitrogen and oxygen atoms in total. The molecule has 136 valence electrons. The van der Waals surface area contributed by atoms with Crippen LogP contribution in [0.2, 0.25) is 0 Å². The Morgan fingerprint density at radius 1 is 1.08 bits per heavy atom. The summed E-state index contributed by atoms with van der Waals surface area (Å²) in [6.07, 6.45) is 0.862. The van der Waals surface area contributed by atoms with E-state index >= 15 is 0 Å². The van der Waals surface area contributed by atoms with Crippen LogP contribution in [-0.2, 0) is 16.0 Å². The summed E-state index contributed by atoms with van der Waals surface area (Å²) in [5.74, 6) is -0.0169. The van der Waals surface area contributed by atoms with Gasteiger partial charge in [-0.25, -0.2) is 0 Å². The van der Waals surface area contributed by atoms with Gasteiger partial charge in [0, 0.05) is 24.8 Å². The Balaban J connectivity index is 1.83. The number of hydrogen-bond acceptors (Lipinski definition) is 2. The highest BCUT2D eigenvalue weighted by molar-refractivity contribution is 5.98. The van der Waals surface area contributed by atoms with Gasteiger partial charge in [0.1, 0.15) is 0 Å². The Hall–Kier alpha value is -2.62. The highest BCUT2D eigenvalue weighted by Gasteiger charge is 2.26. The van der Waals surface area contributed by atoms with Crippen molar-refractivity contribution in [2.45, 2.75) is 40.0 Å². The molecule has 0 fully saturated rings. The molecule has 1 unspecified atom stereocenters. The zero-order chi connectivity index (χ0) is 18.8. The van der Waals surface area contributed by atoms with Crippen LogP contribution in [0.1, 0.15) is 43.4 Å². The first-order chi connectivity index (χ1) is 12.4. The Morgan fingerprint density at radius 2 is 1.77 bits per heavy atom. The Morgan fingerprint density at radius 3 is 2.38 bits per heavy atom. The molecule has 0 aliphatic carbocycles. The van der Waals surface area contributed by atoms with E-state index < -0.39 is 0 Å². The maximum Gasteiger partial charge on any atom is 0.232 e. The normalized spacial score (nSPS) is 14.3. The van der Waals surface area contributed by atoms with E-state index in [1.165, 1.54) is 5.56 Å². The number of nitrogens with one attached hydrogen (secondary N) is 1. The molecule has 26 heavy (non-hydrogen) atoms. The van der Waals surface area contributed by atoms with E-state index in [0.717, 1.165) is 28.9 Å². The number of carbonyl (C=O) groups is 2. The van der Waals surface area contributed by atoms with Gasteiger partial charge in [0.05, 0.1) is 5.92 Å². The van der Waals surface area contributed by atoms with E-state index in [1.807, 2.05) is 49.4 Å². The highest BCUT2D eigenvalue weighted by Crippen LogP contribution is 2.32. The van der Waals surface area contributed by atoms with Crippen LogP contribution in [-0.4, -0.2) is 18.4 Å². The van der Waals surface area contributed by atoms with E-state index in [2.05, 4.69) is 19.2 Å². The van der Waals surface area contributed by atoms with Gasteiger partial charge < -0.3 is 10.2 Å². The van der Waals surface area contributed by atoms with Crippen LogP contribution in [0.4, 0.5) is 11.4 Å². The Labute approximate surface area is 155 Å². The maximum absolute atomic E-state index is 13.0. The third-order valence-corrected chi connectivity index (χ3v) is 5.01. The number of amides is 2. The third kappa shape index (κ3) is 3.64. The number of carbonyl (C=O) groups excluding carboxylic acids is 2. The smallest absolute Gasteiger partial charge is 0.232 e. The zero-order valence-electron chi connectivity index (χ0n) is 15.9. The van der Waals surface area contributed by atoms with Crippen LogP contribution in [0.15, 0.2) is 42.5 Å². The first-order valence-electron chi connectivity index (χ1n) is 9.15. The third-order valence-electron chi connectivity index (χ3n) is 5.01. The molecule has 0 aromatic heterocycles. The lowest BCUT2D eigenvalue weighted by molar-refractivity contribution is -0.118. The van der Waals surface area contributed by atoms with Gasteiger partial charge in [0.15, 0.2) is 0 Å². The average molecular weight is 350 g/mol. The lowest BCUT2D eigenvalue weighted by atomic mass is 9.87. The minimum Gasteiger partial charge on any atom is -0.325 e. The predicted molar refractivity (Wildman–Crippen MR) is 106 cm³/mol. The quantitative estimate of drug-likeness (QED) is 0.894. The van der Waals surface area contributed by atoms with Crippen LogP contribution in [0.25, 0.3) is 0 Å². The van der Waals surface area contributed by atoms with Crippen molar-refractivity contribution in [2.24, 2.45) is 5.92 Å². The largest absolute Gasteiger partial charge is 0.325 e. The summed E-state index contributed by atoms with van der Waals surface area (Å²) < 4.78 is 0. The van der Waals surface area contributed by atoms with Crippen LogP contribution >= 0.6 is 0 Å². The molecular formula is C22H26N2O2. The molecule has 1 atom stereocenters. The molecule has 2 aromatic carbocycles. The molecule has 1 N–H and O–H groups in total. The summed E-state index contributed by atoms with van der Waals surface area (Å²) in [6.45, 7) is 8.45. The van der Waals surface area contributed by atoms with E-state index in [-0.39, 0.29) is 23.7 Å². The van der Waals surface area contributed by atoms with E-state index in [1.54, 1.807) is 11.8 Å². The van der Waals surface area contributed by atoms with Crippen molar-refractivity contribution in [2.75, 3.05) is 16.8 Å². The molecule has 1 heterocycles. The van der Waals surface area contributed by atoms with Crippen molar-refractivity contribution in [1.29, 1.82) is 0 Å². The van der Waals surface area contributed by atoms with Gasteiger partial charge in [-0.2, -0.15) is 0 Å². The Bertz CT molecular complexity index is 825. The van der Waals surface area contributed by atoms with Crippen molar-refractivity contribution in [3.63, 3.8) is 0 Å². The molecule has 4 heteroatoms. The van der Waals surface area contributed by atoms with Gasteiger partial charge in [-0.1, -0.05) is 49.7 Å². The molecule has 3 rings (SSSR count). The van der Waals surface area contributed by atoms with Gasteiger partial charge in [0.2, 0.25) is 11.8 Å². The monoisotopic (exact) mass is 350 g/mol. The van der Waals surface area contributed by atoms with Gasteiger partial charge in [-0.3, -0.25) is 9.59 Å². The Kier molecular flexibility index (Phi) is 5.12. The fraction of sp³-hybridized carbons (Fsp3) is 0.364. The van der Waals surface area contributed by atoms with Gasteiger partial charge in [-0.15, -0.1) is 0 Å². The number of hydrogen-bond donors (Lipinski definition) is 1. The number of benzene rings is 2. The fourth-order valence-electron chi connectivity index (χ4n) is 3.62. The number of anilines is 2. The summed E-state index contributed by atoms with van der Waals surface area (Å²) in [5.41, 5.74) is 5.00. The topological polar surface area (TPSA) is 49.4 Å². The van der Waals surface area contributed by atoms with Crippen molar-refractivity contribution in [3.8, 4) is 0 Å². The molecule has 2 amide bonds. The van der Waals surface area contributed by atoms with Crippen LogP contribution in [0, 0.1) is 12.8 Å². The molecule has 0 saturated heterocycles. The lowest BCUT2D eigenvalue weighted by Gasteiger charge is -2.22. The molecule has 0 saturated carbocycles. The molecule has 1 aliphatic heterocycles. The number of rotatable bonds is 4. The second-order valence-corrected chi connectivity index (χ2v) is 7.39. The van der Waals surface area contributed by atoms with Gasteiger partial charge in [-0.05, 0) is 42.5 Å². The minimum atomic E-state index is -0.215. The maximum atomic E-state index is 13.0. The van der Waals surface area contributed by atoms with E-state index in [0.29, 0.717) is 6.54 Å². The van der Waals surface area contributed by atoms with E-state index in [9.17, 15) is 9.59 Å². The number of fused-ring (bicyclic) bond motifs is 1. The summed E-state index contributed by atoms with van der Waals surface area (Å²) in [7, 11) is 0. The molecule has 2 aromatic rings. The van der Waals surface area contributed by atoms with Crippen molar-refractivity contribution >= 4 is 23.2 Å². The van der Waals surface area contributed by atoms with E-state index in [4.69, 9.17) is 0 Å². The average Bonchev–Trinajstić information content (AvgIpc) is 3.00. The molecule has 0 bridgehead atoms. The fourth-order valence-corrected chi connectivity index (χ4v) is 3.62. The van der Waals surface area contributed by atoms with Crippen LogP contribution < -0.4 is 10.2 Å². The van der Waals surface area contributed by atoms with Crippen LogP contribution in [0.5, 0.6) is 0 Å². The zero-order valence-corrected chi connectivity index (χ0v) is 15.9. The molecule has 0 spiro atoms. The minimum absolute atomic E-state index is 0.0174.